The van der Waals surface area contributed by atoms with Gasteiger partial charge in [-0.05, 0) is 24.3 Å². The predicted octanol–water partition coefficient (Wildman–Crippen LogP) is 2.02. The van der Waals surface area contributed by atoms with Gasteiger partial charge in [-0.3, -0.25) is 0 Å². The highest BCUT2D eigenvalue weighted by Gasteiger charge is 2.51. The Morgan fingerprint density at radius 2 is 1.50 bits per heavy atom. The van der Waals surface area contributed by atoms with Gasteiger partial charge in [0.05, 0.1) is 19.8 Å². The van der Waals surface area contributed by atoms with Gasteiger partial charge >= 0.3 is 5.97 Å². The van der Waals surface area contributed by atoms with E-state index in [9.17, 15) is 4.39 Å². The van der Waals surface area contributed by atoms with Gasteiger partial charge in [-0.25, -0.2) is 4.39 Å². The molecule has 86 valence electrons. The normalized spacial score (nSPS) is 37.6. The fourth-order valence-electron chi connectivity index (χ4n) is 1.96. The van der Waals surface area contributed by atoms with E-state index in [0.717, 1.165) is 0 Å². The van der Waals surface area contributed by atoms with Crippen molar-refractivity contribution >= 4 is 0 Å². The molecule has 1 aromatic carbocycles. The summed E-state index contributed by atoms with van der Waals surface area (Å²) < 4.78 is 29.7. The second-order valence-corrected chi connectivity index (χ2v) is 4.74. The zero-order valence-electron chi connectivity index (χ0n) is 9.03. The Bertz CT molecular complexity index is 377. The van der Waals surface area contributed by atoms with E-state index in [0.29, 0.717) is 25.4 Å². The lowest BCUT2D eigenvalue weighted by molar-refractivity contribution is -0.477. The first-order valence-electron chi connectivity index (χ1n) is 5.30. The van der Waals surface area contributed by atoms with Gasteiger partial charge in [-0.15, -0.1) is 0 Å². The van der Waals surface area contributed by atoms with Crippen molar-refractivity contribution in [2.24, 2.45) is 5.41 Å². The maximum atomic E-state index is 12.8. The third kappa shape index (κ3) is 1.45. The lowest BCUT2D eigenvalue weighted by Crippen LogP contribution is -2.57. The molecular weight excluding hydrogens is 211 g/mol. The highest BCUT2D eigenvalue weighted by molar-refractivity contribution is 5.20. The number of hydrogen-bond donors (Lipinski definition) is 0. The van der Waals surface area contributed by atoms with Crippen molar-refractivity contribution in [2.75, 3.05) is 19.8 Å². The van der Waals surface area contributed by atoms with E-state index in [4.69, 9.17) is 14.2 Å². The summed E-state index contributed by atoms with van der Waals surface area (Å²) in [7, 11) is 0. The molecule has 0 saturated carbocycles. The van der Waals surface area contributed by atoms with Crippen LogP contribution < -0.4 is 0 Å². The van der Waals surface area contributed by atoms with Crippen molar-refractivity contribution in [3.8, 4) is 0 Å². The summed E-state index contributed by atoms with van der Waals surface area (Å²) in [5.74, 6) is -1.40. The van der Waals surface area contributed by atoms with Crippen LogP contribution in [0.3, 0.4) is 0 Å². The van der Waals surface area contributed by atoms with E-state index in [2.05, 4.69) is 6.92 Å². The number of fused-ring (bicyclic) bond motifs is 3. The summed E-state index contributed by atoms with van der Waals surface area (Å²) in [5, 5.41) is 0. The minimum absolute atomic E-state index is 0.0538. The molecular formula is C12H13FO3. The molecule has 3 saturated heterocycles. The van der Waals surface area contributed by atoms with E-state index in [1.54, 1.807) is 12.1 Å². The molecule has 16 heavy (non-hydrogen) atoms. The molecule has 0 aliphatic carbocycles. The lowest BCUT2D eigenvalue weighted by atomic mass is 9.91. The molecule has 4 rings (SSSR count). The SMILES string of the molecule is CC12COC(c3ccc(F)cc3)(OC1)OC2. The zero-order chi connectivity index (χ0) is 11.2. The third-order valence-corrected chi connectivity index (χ3v) is 3.03. The topological polar surface area (TPSA) is 27.7 Å². The molecule has 3 fully saturated rings. The van der Waals surface area contributed by atoms with Crippen LogP contribution >= 0.6 is 0 Å². The van der Waals surface area contributed by atoms with E-state index in [-0.39, 0.29) is 11.2 Å². The summed E-state index contributed by atoms with van der Waals surface area (Å²) in [5.41, 5.74) is 0.651. The third-order valence-electron chi connectivity index (χ3n) is 3.03. The minimum Gasteiger partial charge on any atom is -0.323 e. The van der Waals surface area contributed by atoms with Gasteiger partial charge < -0.3 is 14.2 Å². The molecule has 2 bridgehead atoms. The smallest absolute Gasteiger partial charge is 0.312 e. The average molecular weight is 224 g/mol. The maximum Gasteiger partial charge on any atom is 0.312 e. The van der Waals surface area contributed by atoms with Crippen LogP contribution in [0, 0.1) is 11.2 Å². The van der Waals surface area contributed by atoms with Crippen molar-refractivity contribution in [2.45, 2.75) is 12.9 Å². The molecule has 0 spiro atoms. The highest BCUT2D eigenvalue weighted by atomic mass is 19.1. The van der Waals surface area contributed by atoms with Crippen molar-refractivity contribution < 1.29 is 18.6 Å². The van der Waals surface area contributed by atoms with Gasteiger partial charge in [-0.2, -0.15) is 0 Å². The molecule has 1 aromatic rings. The van der Waals surface area contributed by atoms with E-state index in [1.807, 2.05) is 0 Å². The average Bonchev–Trinajstić information content (AvgIpc) is 2.31. The van der Waals surface area contributed by atoms with Gasteiger partial charge in [-0.1, -0.05) is 6.92 Å². The zero-order valence-corrected chi connectivity index (χ0v) is 9.03. The van der Waals surface area contributed by atoms with Crippen molar-refractivity contribution in [1.29, 1.82) is 0 Å². The second-order valence-electron chi connectivity index (χ2n) is 4.74. The molecule has 0 atom stereocenters. The molecule has 0 radical (unpaired) electrons. The first-order valence-corrected chi connectivity index (χ1v) is 5.30. The van der Waals surface area contributed by atoms with Crippen LogP contribution in [0.25, 0.3) is 0 Å². The monoisotopic (exact) mass is 224 g/mol. The first kappa shape index (κ1) is 10.2. The summed E-state index contributed by atoms with van der Waals surface area (Å²) >= 11 is 0. The van der Waals surface area contributed by atoms with Crippen LogP contribution in [-0.2, 0) is 20.2 Å². The molecule has 3 nitrogen and oxygen atoms in total. The molecule has 3 aliphatic heterocycles. The van der Waals surface area contributed by atoms with Gasteiger partial charge in [0.1, 0.15) is 5.82 Å². The van der Waals surface area contributed by atoms with Crippen LogP contribution in [0.5, 0.6) is 0 Å². The van der Waals surface area contributed by atoms with E-state index in [1.165, 1.54) is 12.1 Å². The predicted molar refractivity (Wildman–Crippen MR) is 54.0 cm³/mol. The Morgan fingerprint density at radius 3 is 2.00 bits per heavy atom. The number of halogens is 1. The number of hydrogen-bond acceptors (Lipinski definition) is 3. The van der Waals surface area contributed by atoms with E-state index >= 15 is 0 Å². The quantitative estimate of drug-likeness (QED) is 0.730. The van der Waals surface area contributed by atoms with Crippen LogP contribution in [0.1, 0.15) is 12.5 Å². The Balaban J connectivity index is 1.92. The first-order chi connectivity index (χ1) is 7.62. The summed E-state index contributed by atoms with van der Waals surface area (Å²) in [6, 6.07) is 6.01. The Morgan fingerprint density at radius 1 is 1.00 bits per heavy atom. The number of ether oxygens (including phenoxy) is 3. The van der Waals surface area contributed by atoms with Gasteiger partial charge in [0.25, 0.3) is 0 Å². The molecule has 3 heterocycles. The van der Waals surface area contributed by atoms with Crippen molar-refractivity contribution in [1.82, 2.24) is 0 Å². The van der Waals surface area contributed by atoms with Crippen LogP contribution in [0.4, 0.5) is 4.39 Å². The van der Waals surface area contributed by atoms with E-state index < -0.39 is 5.97 Å². The molecule has 4 heteroatoms. The Labute approximate surface area is 93.1 Å². The van der Waals surface area contributed by atoms with Gasteiger partial charge in [0.15, 0.2) is 0 Å². The fourth-order valence-corrected chi connectivity index (χ4v) is 1.96. The van der Waals surface area contributed by atoms with Gasteiger partial charge in [0.2, 0.25) is 0 Å². The van der Waals surface area contributed by atoms with Crippen molar-refractivity contribution in [3.63, 3.8) is 0 Å². The maximum absolute atomic E-state index is 12.8. The lowest BCUT2D eigenvalue weighted by Gasteiger charge is -2.50. The van der Waals surface area contributed by atoms with Crippen LogP contribution in [0.2, 0.25) is 0 Å². The summed E-state index contributed by atoms with van der Waals surface area (Å²) in [6.45, 7) is 3.86. The largest absolute Gasteiger partial charge is 0.323 e. The molecule has 3 aliphatic rings. The molecule has 0 unspecified atom stereocenters. The minimum atomic E-state index is -1.12. The second kappa shape index (κ2) is 3.26. The van der Waals surface area contributed by atoms with Crippen LogP contribution in [0.15, 0.2) is 24.3 Å². The van der Waals surface area contributed by atoms with Crippen LogP contribution in [-0.4, -0.2) is 19.8 Å². The number of rotatable bonds is 1. The standard InChI is InChI=1S/C12H13FO3/c1-11-6-14-12(15-7-11,16-8-11)9-2-4-10(13)5-3-9/h2-5H,6-8H2,1H3. The van der Waals surface area contributed by atoms with Gasteiger partial charge in [0, 0.05) is 11.0 Å². The molecule has 0 aromatic heterocycles. The Hall–Kier alpha value is -0.970. The Kier molecular flexibility index (Phi) is 2.08. The highest BCUT2D eigenvalue weighted by Crippen LogP contribution is 2.43. The summed E-state index contributed by atoms with van der Waals surface area (Å²) in [6.07, 6.45) is 0. The molecule has 0 N–H and O–H groups in total. The van der Waals surface area contributed by atoms with Crippen molar-refractivity contribution in [3.05, 3.63) is 35.6 Å². The molecule has 0 amide bonds. The summed E-state index contributed by atoms with van der Waals surface area (Å²) in [4.78, 5) is 0. The number of benzene rings is 1. The fraction of sp³-hybridized carbons (Fsp3) is 0.500.